The molecule has 3 N–H and O–H groups in total. The van der Waals surface area contributed by atoms with Crippen LogP contribution in [0.25, 0.3) is 0 Å². The summed E-state index contributed by atoms with van der Waals surface area (Å²) in [5.74, 6) is 0. The van der Waals surface area contributed by atoms with Crippen LogP contribution in [-0.2, 0) is 0 Å². The van der Waals surface area contributed by atoms with Crippen molar-refractivity contribution in [2.75, 3.05) is 0 Å². The summed E-state index contributed by atoms with van der Waals surface area (Å²) in [6.45, 7) is 3.52. The average Bonchev–Trinajstić information content (AvgIpc) is 2.03. The molecule has 0 aliphatic carbocycles. The van der Waals surface area contributed by atoms with Gasteiger partial charge in [0.05, 0.1) is 6.04 Å². The van der Waals surface area contributed by atoms with E-state index in [4.69, 9.17) is 17.3 Å². The quantitative estimate of drug-likeness (QED) is 0.536. The Morgan fingerprint density at radius 2 is 2.33 bits per heavy atom. The number of halogens is 1. The van der Waals surface area contributed by atoms with Gasteiger partial charge in [0.1, 0.15) is 5.15 Å². The van der Waals surface area contributed by atoms with Crippen LogP contribution < -0.4 is 11.3 Å². The molecule has 1 unspecified atom stereocenters. The topological polar surface area (TPSA) is 58.9 Å². The zero-order valence-corrected chi connectivity index (χ0v) is 7.14. The van der Waals surface area contributed by atoms with Crippen LogP contribution in [0.3, 0.4) is 0 Å². The smallest absolute Gasteiger partial charge is 0.249 e. The van der Waals surface area contributed by atoms with Gasteiger partial charge in [-0.1, -0.05) is 17.7 Å². The van der Waals surface area contributed by atoms with Crippen LogP contribution in [0.1, 0.15) is 11.6 Å². The van der Waals surface area contributed by atoms with E-state index in [0.717, 1.165) is 0 Å². The minimum Gasteiger partial charge on any atom is -0.321 e. The largest absolute Gasteiger partial charge is 0.321 e. The summed E-state index contributed by atoms with van der Waals surface area (Å²) < 4.78 is 0. The third-order valence-electron chi connectivity index (χ3n) is 1.51. The molecule has 12 heavy (non-hydrogen) atoms. The molecule has 4 heteroatoms. The monoisotopic (exact) mass is 184 g/mol. The van der Waals surface area contributed by atoms with Gasteiger partial charge in [0.25, 0.3) is 0 Å². The van der Waals surface area contributed by atoms with E-state index in [-0.39, 0.29) is 16.8 Å². The van der Waals surface area contributed by atoms with E-state index < -0.39 is 0 Å². The second-order valence-corrected chi connectivity index (χ2v) is 2.73. The number of hydrogen-bond acceptors (Lipinski definition) is 2. The first-order valence-corrected chi connectivity index (χ1v) is 3.80. The molecule has 1 atom stereocenters. The minimum absolute atomic E-state index is 0.236. The van der Waals surface area contributed by atoms with Gasteiger partial charge in [-0.15, -0.1) is 6.58 Å². The highest BCUT2D eigenvalue weighted by molar-refractivity contribution is 6.30. The molecule has 0 aromatic carbocycles. The normalized spacial score (nSPS) is 12.5. The van der Waals surface area contributed by atoms with E-state index in [1.807, 2.05) is 0 Å². The van der Waals surface area contributed by atoms with Crippen LogP contribution in [0.2, 0.25) is 5.15 Å². The van der Waals surface area contributed by atoms with Crippen molar-refractivity contribution in [2.45, 2.75) is 6.04 Å². The number of rotatable bonds is 2. The van der Waals surface area contributed by atoms with Crippen LogP contribution in [0.4, 0.5) is 0 Å². The van der Waals surface area contributed by atoms with Crippen LogP contribution in [0, 0.1) is 0 Å². The van der Waals surface area contributed by atoms with Crippen molar-refractivity contribution < 1.29 is 0 Å². The first kappa shape index (κ1) is 9.03. The summed E-state index contributed by atoms with van der Waals surface area (Å²) in [5.41, 5.74) is 6.06. The Morgan fingerprint density at radius 1 is 1.67 bits per heavy atom. The number of nitrogens with two attached hydrogens (primary N) is 1. The second-order valence-electron chi connectivity index (χ2n) is 2.35. The van der Waals surface area contributed by atoms with E-state index in [1.54, 1.807) is 12.1 Å². The first-order valence-electron chi connectivity index (χ1n) is 3.42. The van der Waals surface area contributed by atoms with Crippen LogP contribution >= 0.6 is 11.6 Å². The van der Waals surface area contributed by atoms with E-state index in [1.165, 1.54) is 6.07 Å². The van der Waals surface area contributed by atoms with Crippen LogP contribution in [-0.4, -0.2) is 4.98 Å². The van der Waals surface area contributed by atoms with E-state index in [2.05, 4.69) is 11.6 Å². The summed E-state index contributed by atoms with van der Waals surface area (Å²) in [4.78, 5) is 13.2. The lowest BCUT2D eigenvalue weighted by molar-refractivity contribution is 0.901. The average molecular weight is 185 g/mol. The van der Waals surface area contributed by atoms with Crippen molar-refractivity contribution in [3.8, 4) is 0 Å². The maximum Gasteiger partial charge on any atom is 0.249 e. The van der Waals surface area contributed by atoms with Crippen molar-refractivity contribution in [1.29, 1.82) is 0 Å². The molecule has 0 bridgehead atoms. The second kappa shape index (κ2) is 3.56. The number of hydrogen-bond donors (Lipinski definition) is 2. The van der Waals surface area contributed by atoms with Gasteiger partial charge in [-0.25, -0.2) is 0 Å². The maximum absolute atomic E-state index is 10.7. The van der Waals surface area contributed by atoms with Crippen molar-refractivity contribution >= 4 is 11.6 Å². The molecule has 64 valence electrons. The Labute approximate surface area is 74.9 Å². The number of H-pyrrole nitrogens is 1. The molecule has 0 aliphatic heterocycles. The summed E-state index contributed by atoms with van der Waals surface area (Å²) in [7, 11) is 0. The number of aromatic nitrogens is 1. The molecular weight excluding hydrogens is 176 g/mol. The predicted molar refractivity (Wildman–Crippen MR) is 49.2 cm³/mol. The van der Waals surface area contributed by atoms with E-state index in [0.29, 0.717) is 5.56 Å². The fourth-order valence-corrected chi connectivity index (χ4v) is 1.13. The summed E-state index contributed by atoms with van der Waals surface area (Å²) in [5, 5.41) is 0.273. The lowest BCUT2D eigenvalue weighted by atomic mass is 10.1. The molecule has 0 aliphatic rings. The molecule has 0 saturated heterocycles. The highest BCUT2D eigenvalue weighted by Crippen LogP contribution is 2.17. The number of nitrogens with one attached hydrogen (secondary N) is 1. The summed E-state index contributed by atoms with van der Waals surface area (Å²) in [6, 6.07) is 2.63. The van der Waals surface area contributed by atoms with Gasteiger partial charge in [0, 0.05) is 11.6 Å². The molecule has 0 spiro atoms. The Balaban J connectivity index is 3.17. The molecule has 0 amide bonds. The Hall–Kier alpha value is -1.06. The highest BCUT2D eigenvalue weighted by atomic mass is 35.5. The van der Waals surface area contributed by atoms with Crippen molar-refractivity contribution in [1.82, 2.24) is 4.98 Å². The molecule has 0 saturated carbocycles. The lowest BCUT2D eigenvalue weighted by Crippen LogP contribution is -2.12. The summed E-state index contributed by atoms with van der Waals surface area (Å²) in [6.07, 6.45) is 1.56. The molecule has 1 aromatic rings. The van der Waals surface area contributed by atoms with Crippen LogP contribution in [0.5, 0.6) is 0 Å². The van der Waals surface area contributed by atoms with Crippen molar-refractivity contribution in [2.24, 2.45) is 5.73 Å². The van der Waals surface area contributed by atoms with Gasteiger partial charge in [-0.2, -0.15) is 0 Å². The standard InChI is InChI=1S/C8H9ClN2O/c1-2-6(10)5-3-4-7(12)11-8(5)9/h2-4,6H,1,10H2,(H,11,12). The van der Waals surface area contributed by atoms with Crippen LogP contribution in [0.15, 0.2) is 29.6 Å². The molecule has 1 heterocycles. The number of pyridine rings is 1. The fourth-order valence-electron chi connectivity index (χ4n) is 0.845. The van der Waals surface area contributed by atoms with Gasteiger partial charge in [0.2, 0.25) is 5.56 Å². The molecule has 1 rings (SSSR count). The van der Waals surface area contributed by atoms with Crippen molar-refractivity contribution in [3.05, 3.63) is 45.9 Å². The molecule has 3 nitrogen and oxygen atoms in total. The zero-order chi connectivity index (χ0) is 9.14. The van der Waals surface area contributed by atoms with Gasteiger partial charge in [0.15, 0.2) is 0 Å². The van der Waals surface area contributed by atoms with Gasteiger partial charge < -0.3 is 10.7 Å². The predicted octanol–water partition coefficient (Wildman–Crippen LogP) is 1.21. The summed E-state index contributed by atoms with van der Waals surface area (Å²) >= 11 is 5.72. The minimum atomic E-state index is -0.339. The molecular formula is C8H9ClN2O. The maximum atomic E-state index is 10.7. The van der Waals surface area contributed by atoms with E-state index in [9.17, 15) is 4.79 Å². The Morgan fingerprint density at radius 3 is 2.83 bits per heavy atom. The fraction of sp³-hybridized carbons (Fsp3) is 0.125. The van der Waals surface area contributed by atoms with Gasteiger partial charge >= 0.3 is 0 Å². The molecule has 0 fully saturated rings. The molecule has 1 aromatic heterocycles. The van der Waals surface area contributed by atoms with E-state index >= 15 is 0 Å². The van der Waals surface area contributed by atoms with Gasteiger partial charge in [-0.3, -0.25) is 4.79 Å². The van der Waals surface area contributed by atoms with Crippen molar-refractivity contribution in [3.63, 3.8) is 0 Å². The Bertz CT molecular complexity index is 345. The molecule has 0 radical (unpaired) electrons. The van der Waals surface area contributed by atoms with Gasteiger partial charge in [-0.05, 0) is 6.07 Å². The Kier molecular flexibility index (Phi) is 2.68. The SMILES string of the molecule is C=CC(N)c1ccc(=O)[nH]c1Cl. The third-order valence-corrected chi connectivity index (χ3v) is 1.83. The number of aromatic amines is 1. The zero-order valence-electron chi connectivity index (χ0n) is 6.38. The first-order chi connectivity index (χ1) is 5.65. The lowest BCUT2D eigenvalue weighted by Gasteiger charge is -2.06. The highest BCUT2D eigenvalue weighted by Gasteiger charge is 2.05. The third kappa shape index (κ3) is 1.75.